The Hall–Kier alpha value is -0.610. The Bertz CT molecular complexity index is 236. The summed E-state index contributed by atoms with van der Waals surface area (Å²) in [5.74, 6) is 0.0678. The number of hydrogen-bond acceptors (Lipinski definition) is 3. The van der Waals surface area contributed by atoms with Crippen LogP contribution in [0, 0.1) is 0 Å². The highest BCUT2D eigenvalue weighted by Crippen LogP contribution is 2.19. The van der Waals surface area contributed by atoms with Gasteiger partial charge in [-0.15, -0.1) is 0 Å². The van der Waals surface area contributed by atoms with Gasteiger partial charge in [0.2, 0.25) is 5.91 Å². The average molecular weight is 258 g/mol. The fraction of sp³-hybridized carbons (Fsp3) is 0.929. The summed E-state index contributed by atoms with van der Waals surface area (Å²) in [6.45, 7) is 9.35. The molecule has 0 aromatic heterocycles. The number of carbonyl (C=O) groups excluding carboxylic acids is 1. The predicted molar refractivity (Wildman–Crippen MR) is 75.5 cm³/mol. The molecule has 0 fully saturated rings. The lowest BCUT2D eigenvalue weighted by atomic mass is 9.91. The minimum Gasteiger partial charge on any atom is -0.383 e. The zero-order valence-electron chi connectivity index (χ0n) is 12.7. The quantitative estimate of drug-likeness (QED) is 0.689. The molecule has 0 rings (SSSR count). The van der Waals surface area contributed by atoms with Gasteiger partial charge in [-0.2, -0.15) is 0 Å². The molecule has 4 nitrogen and oxygen atoms in total. The number of carbonyl (C=O) groups is 1. The second kappa shape index (κ2) is 8.48. The number of ether oxygens (including phenoxy) is 1. The second-order valence-corrected chi connectivity index (χ2v) is 4.82. The Balaban J connectivity index is 4.99. The zero-order chi connectivity index (χ0) is 14.2. The highest BCUT2D eigenvalue weighted by Gasteiger charge is 2.35. The van der Waals surface area contributed by atoms with Gasteiger partial charge in [0.05, 0.1) is 12.1 Å². The first-order valence-corrected chi connectivity index (χ1v) is 7.09. The highest BCUT2D eigenvalue weighted by atomic mass is 16.5. The van der Waals surface area contributed by atoms with Crippen LogP contribution in [0.3, 0.4) is 0 Å². The predicted octanol–water partition coefficient (Wildman–Crippen LogP) is 2.17. The van der Waals surface area contributed by atoms with Crippen molar-refractivity contribution in [3.63, 3.8) is 0 Å². The lowest BCUT2D eigenvalue weighted by molar-refractivity contribution is -0.140. The monoisotopic (exact) mass is 258 g/mol. The van der Waals surface area contributed by atoms with Gasteiger partial charge in [-0.1, -0.05) is 27.7 Å². The van der Waals surface area contributed by atoms with Crippen LogP contribution in [0.15, 0.2) is 0 Å². The van der Waals surface area contributed by atoms with Crippen molar-refractivity contribution < 1.29 is 9.53 Å². The summed E-state index contributed by atoms with van der Waals surface area (Å²) >= 11 is 0. The van der Waals surface area contributed by atoms with E-state index in [1.165, 1.54) is 0 Å². The summed E-state index contributed by atoms with van der Waals surface area (Å²) in [6, 6.07) is 0.258. The van der Waals surface area contributed by atoms with Crippen LogP contribution in [0.1, 0.15) is 53.4 Å². The van der Waals surface area contributed by atoms with Crippen LogP contribution in [0.4, 0.5) is 0 Å². The van der Waals surface area contributed by atoms with Gasteiger partial charge in [0.15, 0.2) is 0 Å². The van der Waals surface area contributed by atoms with Gasteiger partial charge in [-0.25, -0.2) is 0 Å². The molecule has 4 heteroatoms. The summed E-state index contributed by atoms with van der Waals surface area (Å²) in [6.07, 6.45) is 3.25. The Morgan fingerprint density at radius 2 is 1.72 bits per heavy atom. The number of hydrogen-bond donors (Lipinski definition) is 1. The summed E-state index contributed by atoms with van der Waals surface area (Å²) < 4.78 is 5.11. The maximum atomic E-state index is 12.6. The number of methoxy groups -OCH3 is 1. The number of rotatable bonds is 9. The standard InChI is InChI=1S/C14H30N2O2/c1-6-12(7-2)16(10-11-18-5)13(17)14(15,8-3)9-4/h12H,6-11,15H2,1-5H3. The molecule has 0 bridgehead atoms. The van der Waals surface area contributed by atoms with E-state index in [9.17, 15) is 4.79 Å². The minimum atomic E-state index is -0.726. The number of amides is 1. The van der Waals surface area contributed by atoms with Crippen LogP contribution in [-0.2, 0) is 9.53 Å². The summed E-state index contributed by atoms with van der Waals surface area (Å²) in [5, 5.41) is 0. The first-order valence-electron chi connectivity index (χ1n) is 7.09. The first-order chi connectivity index (χ1) is 8.50. The van der Waals surface area contributed by atoms with Crippen LogP contribution in [-0.4, -0.2) is 42.6 Å². The number of nitrogens with zero attached hydrogens (tertiary/aromatic N) is 1. The summed E-state index contributed by atoms with van der Waals surface area (Å²) in [7, 11) is 1.66. The third kappa shape index (κ3) is 4.25. The van der Waals surface area contributed by atoms with Gasteiger partial charge >= 0.3 is 0 Å². The van der Waals surface area contributed by atoms with Crippen LogP contribution in [0.2, 0.25) is 0 Å². The van der Waals surface area contributed by atoms with Crippen molar-refractivity contribution in [1.29, 1.82) is 0 Å². The van der Waals surface area contributed by atoms with Gasteiger partial charge in [-0.3, -0.25) is 4.79 Å². The summed E-state index contributed by atoms with van der Waals surface area (Å²) in [4.78, 5) is 14.6. The molecule has 0 unspecified atom stereocenters. The molecule has 0 spiro atoms. The highest BCUT2D eigenvalue weighted by molar-refractivity contribution is 5.86. The smallest absolute Gasteiger partial charge is 0.242 e. The molecule has 0 atom stereocenters. The largest absolute Gasteiger partial charge is 0.383 e. The van der Waals surface area contributed by atoms with Crippen molar-refractivity contribution in [3.05, 3.63) is 0 Å². The lowest BCUT2D eigenvalue weighted by Gasteiger charge is -2.37. The van der Waals surface area contributed by atoms with Crippen LogP contribution < -0.4 is 5.73 Å². The third-order valence-corrected chi connectivity index (χ3v) is 3.87. The van der Waals surface area contributed by atoms with Crippen molar-refractivity contribution in [2.45, 2.75) is 65.0 Å². The molecule has 1 amide bonds. The molecule has 0 saturated carbocycles. The molecule has 0 aromatic rings. The van der Waals surface area contributed by atoms with Crippen molar-refractivity contribution in [3.8, 4) is 0 Å². The SMILES string of the molecule is CCC(CC)N(CCOC)C(=O)C(N)(CC)CC. The molecule has 18 heavy (non-hydrogen) atoms. The maximum Gasteiger partial charge on any atom is 0.242 e. The molecule has 2 N–H and O–H groups in total. The van der Waals surface area contributed by atoms with E-state index >= 15 is 0 Å². The van der Waals surface area contributed by atoms with E-state index < -0.39 is 5.54 Å². The molecule has 0 aliphatic rings. The van der Waals surface area contributed by atoms with Gasteiger partial charge in [-0.05, 0) is 25.7 Å². The van der Waals surface area contributed by atoms with Crippen molar-refractivity contribution in [1.82, 2.24) is 4.90 Å². The van der Waals surface area contributed by atoms with Crippen LogP contribution in [0.5, 0.6) is 0 Å². The molecule has 108 valence electrons. The Morgan fingerprint density at radius 3 is 2.06 bits per heavy atom. The van der Waals surface area contributed by atoms with E-state index in [0.29, 0.717) is 26.0 Å². The molecule has 0 aromatic carbocycles. The molecule has 0 radical (unpaired) electrons. The fourth-order valence-corrected chi connectivity index (χ4v) is 2.21. The van der Waals surface area contributed by atoms with Gasteiger partial charge in [0.25, 0.3) is 0 Å². The van der Waals surface area contributed by atoms with Crippen LogP contribution in [0.25, 0.3) is 0 Å². The molecule has 0 aliphatic carbocycles. The van der Waals surface area contributed by atoms with E-state index in [4.69, 9.17) is 10.5 Å². The van der Waals surface area contributed by atoms with Gasteiger partial charge < -0.3 is 15.4 Å². The van der Waals surface area contributed by atoms with Crippen molar-refractivity contribution >= 4 is 5.91 Å². The van der Waals surface area contributed by atoms with E-state index in [1.54, 1.807) is 7.11 Å². The van der Waals surface area contributed by atoms with Gasteiger partial charge in [0, 0.05) is 19.7 Å². The molecular formula is C14H30N2O2. The zero-order valence-corrected chi connectivity index (χ0v) is 12.7. The molecular weight excluding hydrogens is 228 g/mol. The molecule has 0 aliphatic heterocycles. The molecule has 0 saturated heterocycles. The fourth-order valence-electron chi connectivity index (χ4n) is 2.21. The van der Waals surface area contributed by atoms with E-state index in [0.717, 1.165) is 12.8 Å². The van der Waals surface area contributed by atoms with E-state index in [1.807, 2.05) is 18.7 Å². The van der Waals surface area contributed by atoms with Gasteiger partial charge in [0.1, 0.15) is 0 Å². The first kappa shape index (κ1) is 17.4. The second-order valence-electron chi connectivity index (χ2n) is 4.82. The van der Waals surface area contributed by atoms with Crippen LogP contribution >= 0.6 is 0 Å². The Kier molecular flexibility index (Phi) is 8.20. The van der Waals surface area contributed by atoms with Crippen molar-refractivity contribution in [2.24, 2.45) is 5.73 Å². The van der Waals surface area contributed by atoms with E-state index in [-0.39, 0.29) is 11.9 Å². The minimum absolute atomic E-state index is 0.0678. The lowest BCUT2D eigenvalue weighted by Crippen LogP contribution is -2.57. The normalized spacial score (nSPS) is 11.9. The maximum absolute atomic E-state index is 12.6. The van der Waals surface area contributed by atoms with Crippen molar-refractivity contribution in [2.75, 3.05) is 20.3 Å². The average Bonchev–Trinajstić information content (AvgIpc) is 2.41. The van der Waals surface area contributed by atoms with E-state index in [2.05, 4.69) is 13.8 Å². The Morgan fingerprint density at radius 1 is 1.22 bits per heavy atom. The Labute approximate surface area is 112 Å². The summed E-state index contributed by atoms with van der Waals surface area (Å²) in [5.41, 5.74) is 5.50. The topological polar surface area (TPSA) is 55.6 Å². The number of nitrogens with two attached hydrogens (primary N) is 1. The molecule has 0 heterocycles. The third-order valence-electron chi connectivity index (χ3n) is 3.87.